The van der Waals surface area contributed by atoms with Gasteiger partial charge >= 0.3 is 5.97 Å². The van der Waals surface area contributed by atoms with Gasteiger partial charge in [0.25, 0.3) is 0 Å². The van der Waals surface area contributed by atoms with Crippen LogP contribution in [0.1, 0.15) is 18.2 Å². The lowest BCUT2D eigenvalue weighted by Gasteiger charge is -2.23. The van der Waals surface area contributed by atoms with Crippen molar-refractivity contribution in [3.63, 3.8) is 0 Å². The fourth-order valence-corrected chi connectivity index (χ4v) is 1.59. The minimum absolute atomic E-state index is 0.0590. The van der Waals surface area contributed by atoms with E-state index in [0.29, 0.717) is 19.6 Å². The molecule has 4 nitrogen and oxygen atoms in total. The first-order valence-electron chi connectivity index (χ1n) is 4.93. The van der Waals surface area contributed by atoms with Gasteiger partial charge in [0.1, 0.15) is 6.61 Å². The van der Waals surface area contributed by atoms with E-state index in [9.17, 15) is 4.79 Å². The van der Waals surface area contributed by atoms with Gasteiger partial charge in [-0.1, -0.05) is 6.07 Å². The molecule has 4 heteroatoms. The van der Waals surface area contributed by atoms with Crippen LogP contribution in [0.15, 0.2) is 18.3 Å². The summed E-state index contributed by atoms with van der Waals surface area (Å²) in [5, 5.41) is 0. The molecule has 15 heavy (non-hydrogen) atoms. The Balaban J connectivity index is 1.96. The van der Waals surface area contributed by atoms with Crippen LogP contribution in [0.2, 0.25) is 0 Å². The number of esters is 1. The van der Waals surface area contributed by atoms with Crippen LogP contribution in [0.5, 0.6) is 0 Å². The van der Waals surface area contributed by atoms with Crippen molar-refractivity contribution in [2.75, 3.05) is 6.61 Å². The minimum atomic E-state index is -0.273. The molecule has 1 atom stereocenters. The van der Waals surface area contributed by atoms with Gasteiger partial charge in [-0.05, 0) is 11.6 Å². The van der Waals surface area contributed by atoms with Crippen molar-refractivity contribution in [3.05, 3.63) is 29.6 Å². The fourth-order valence-electron chi connectivity index (χ4n) is 1.59. The van der Waals surface area contributed by atoms with E-state index >= 15 is 0 Å². The smallest absolute Gasteiger partial charge is 0.302 e. The topological polar surface area (TPSA) is 48.4 Å². The fraction of sp³-hybridized carbons (Fsp3) is 0.455. The highest BCUT2D eigenvalue weighted by Gasteiger charge is 2.20. The lowest BCUT2D eigenvalue weighted by molar-refractivity contribution is -0.146. The molecular formula is C11H13NO3. The number of carbonyl (C=O) groups is 1. The molecule has 0 spiro atoms. The van der Waals surface area contributed by atoms with Crippen LogP contribution in [0.4, 0.5) is 0 Å². The number of aromatic nitrogens is 1. The minimum Gasteiger partial charge on any atom is -0.463 e. The zero-order valence-electron chi connectivity index (χ0n) is 8.60. The maximum atomic E-state index is 10.6. The standard InChI is InChI=1S/C11H13NO3/c1-8(13)14-7-10-5-11-9(6-15-10)3-2-4-12-11/h2-4,10H,5-7H2,1H3. The molecule has 0 fully saturated rings. The van der Waals surface area contributed by atoms with E-state index in [0.717, 1.165) is 11.3 Å². The summed E-state index contributed by atoms with van der Waals surface area (Å²) in [5.74, 6) is -0.273. The number of fused-ring (bicyclic) bond motifs is 1. The SMILES string of the molecule is CC(=O)OCC1Cc2ncccc2CO1. The highest BCUT2D eigenvalue weighted by molar-refractivity contribution is 5.65. The molecule has 2 heterocycles. The zero-order chi connectivity index (χ0) is 10.7. The van der Waals surface area contributed by atoms with Gasteiger partial charge in [0.2, 0.25) is 0 Å². The average Bonchev–Trinajstić information content (AvgIpc) is 2.26. The molecule has 1 aliphatic heterocycles. The third-order valence-electron chi connectivity index (χ3n) is 2.35. The van der Waals surface area contributed by atoms with Gasteiger partial charge in [0.15, 0.2) is 0 Å². The van der Waals surface area contributed by atoms with Gasteiger partial charge in [-0.25, -0.2) is 0 Å². The van der Waals surface area contributed by atoms with Crippen molar-refractivity contribution in [1.82, 2.24) is 4.98 Å². The lowest BCUT2D eigenvalue weighted by atomic mass is 10.1. The lowest BCUT2D eigenvalue weighted by Crippen LogP contribution is -2.28. The maximum Gasteiger partial charge on any atom is 0.302 e. The van der Waals surface area contributed by atoms with Gasteiger partial charge < -0.3 is 9.47 Å². The predicted molar refractivity (Wildman–Crippen MR) is 53.2 cm³/mol. The van der Waals surface area contributed by atoms with Gasteiger partial charge in [-0.15, -0.1) is 0 Å². The number of nitrogens with zero attached hydrogens (tertiary/aromatic N) is 1. The number of hydrogen-bond acceptors (Lipinski definition) is 4. The number of ether oxygens (including phenoxy) is 2. The number of rotatable bonds is 2. The Morgan fingerprint density at radius 2 is 2.60 bits per heavy atom. The zero-order valence-corrected chi connectivity index (χ0v) is 8.60. The first kappa shape index (κ1) is 10.1. The Morgan fingerprint density at radius 3 is 3.40 bits per heavy atom. The summed E-state index contributed by atoms with van der Waals surface area (Å²) in [6.45, 7) is 2.26. The number of hydrogen-bond donors (Lipinski definition) is 0. The summed E-state index contributed by atoms with van der Waals surface area (Å²) in [7, 11) is 0. The summed E-state index contributed by atoms with van der Waals surface area (Å²) in [4.78, 5) is 14.9. The highest BCUT2D eigenvalue weighted by atomic mass is 16.6. The summed E-state index contributed by atoms with van der Waals surface area (Å²) >= 11 is 0. The molecule has 0 saturated carbocycles. The average molecular weight is 207 g/mol. The van der Waals surface area contributed by atoms with Crippen LogP contribution in [0, 0.1) is 0 Å². The predicted octanol–water partition coefficient (Wildman–Crippen LogP) is 1.09. The second-order valence-electron chi connectivity index (χ2n) is 3.55. The largest absolute Gasteiger partial charge is 0.463 e. The molecule has 0 bridgehead atoms. The summed E-state index contributed by atoms with van der Waals surface area (Å²) < 4.78 is 10.4. The molecule has 1 unspecified atom stereocenters. The van der Waals surface area contributed by atoms with Crippen molar-refractivity contribution in [2.24, 2.45) is 0 Å². The Bertz CT molecular complexity index is 365. The third kappa shape index (κ3) is 2.53. The number of carbonyl (C=O) groups excluding carboxylic acids is 1. The second-order valence-corrected chi connectivity index (χ2v) is 3.55. The third-order valence-corrected chi connectivity index (χ3v) is 2.35. The van der Waals surface area contributed by atoms with Crippen LogP contribution in [-0.2, 0) is 27.3 Å². The molecule has 0 amide bonds. The van der Waals surface area contributed by atoms with Crippen molar-refractivity contribution in [1.29, 1.82) is 0 Å². The van der Waals surface area contributed by atoms with E-state index < -0.39 is 0 Å². The molecule has 2 rings (SSSR count). The summed E-state index contributed by atoms with van der Waals surface area (Å²) in [6, 6.07) is 3.90. The van der Waals surface area contributed by atoms with Crippen LogP contribution < -0.4 is 0 Å². The van der Waals surface area contributed by atoms with Gasteiger partial charge in [-0.3, -0.25) is 9.78 Å². The molecule has 0 aromatic carbocycles. The summed E-state index contributed by atoms with van der Waals surface area (Å²) in [5.41, 5.74) is 2.16. The van der Waals surface area contributed by atoms with Gasteiger partial charge in [0.05, 0.1) is 12.7 Å². The van der Waals surface area contributed by atoms with E-state index in [1.54, 1.807) is 6.20 Å². The van der Waals surface area contributed by atoms with Crippen LogP contribution >= 0.6 is 0 Å². The first-order valence-corrected chi connectivity index (χ1v) is 4.93. The molecule has 1 aliphatic rings. The Kier molecular flexibility index (Phi) is 2.97. The van der Waals surface area contributed by atoms with E-state index in [1.165, 1.54) is 6.92 Å². The molecule has 0 N–H and O–H groups in total. The molecular weight excluding hydrogens is 194 g/mol. The van der Waals surface area contributed by atoms with E-state index in [2.05, 4.69) is 4.98 Å². The van der Waals surface area contributed by atoms with Gasteiger partial charge in [-0.2, -0.15) is 0 Å². The van der Waals surface area contributed by atoms with E-state index in [4.69, 9.17) is 9.47 Å². The molecule has 0 radical (unpaired) electrons. The van der Waals surface area contributed by atoms with Gasteiger partial charge in [0, 0.05) is 25.2 Å². The maximum absolute atomic E-state index is 10.6. The van der Waals surface area contributed by atoms with Crippen molar-refractivity contribution < 1.29 is 14.3 Å². The normalized spacial score (nSPS) is 19.4. The van der Waals surface area contributed by atoms with Crippen LogP contribution in [-0.4, -0.2) is 23.7 Å². The Labute approximate surface area is 88.2 Å². The van der Waals surface area contributed by atoms with E-state index in [-0.39, 0.29) is 12.1 Å². The van der Waals surface area contributed by atoms with Crippen molar-refractivity contribution >= 4 is 5.97 Å². The molecule has 0 saturated heterocycles. The first-order chi connectivity index (χ1) is 7.25. The molecule has 0 aliphatic carbocycles. The quantitative estimate of drug-likeness (QED) is 0.681. The van der Waals surface area contributed by atoms with Crippen molar-refractivity contribution in [2.45, 2.75) is 26.1 Å². The molecule has 1 aromatic rings. The number of pyridine rings is 1. The summed E-state index contributed by atoms with van der Waals surface area (Å²) in [6.07, 6.45) is 2.42. The Hall–Kier alpha value is -1.42. The molecule has 80 valence electrons. The van der Waals surface area contributed by atoms with Crippen LogP contribution in [0.3, 0.4) is 0 Å². The van der Waals surface area contributed by atoms with Crippen LogP contribution in [0.25, 0.3) is 0 Å². The second kappa shape index (κ2) is 4.40. The Morgan fingerprint density at radius 1 is 1.73 bits per heavy atom. The van der Waals surface area contributed by atoms with Crippen molar-refractivity contribution in [3.8, 4) is 0 Å². The molecule has 1 aromatic heterocycles. The highest BCUT2D eigenvalue weighted by Crippen LogP contribution is 2.18. The monoisotopic (exact) mass is 207 g/mol. The van der Waals surface area contributed by atoms with E-state index in [1.807, 2.05) is 12.1 Å².